The molecule has 1 aliphatic heterocycles. The van der Waals surface area contributed by atoms with Crippen LogP contribution in [0.3, 0.4) is 0 Å². The molecule has 2 amide bonds. The molecule has 0 atom stereocenters. The van der Waals surface area contributed by atoms with E-state index in [1.165, 1.54) is 27.6 Å². The molecule has 0 aliphatic carbocycles. The summed E-state index contributed by atoms with van der Waals surface area (Å²) in [6.45, 7) is 8.17. The second kappa shape index (κ2) is 7.67. The highest BCUT2D eigenvalue weighted by atomic mass is 32.2. The molecule has 0 unspecified atom stereocenters. The lowest BCUT2D eigenvalue weighted by Crippen LogP contribution is -2.52. The Morgan fingerprint density at radius 2 is 1.88 bits per heavy atom. The summed E-state index contributed by atoms with van der Waals surface area (Å²) in [6.07, 6.45) is 1.16. The first kappa shape index (κ1) is 19.6. The highest BCUT2D eigenvalue weighted by Crippen LogP contribution is 2.28. The van der Waals surface area contributed by atoms with Gasteiger partial charge in [0.2, 0.25) is 21.8 Å². The van der Waals surface area contributed by atoms with Gasteiger partial charge in [-0.15, -0.1) is 11.3 Å². The van der Waals surface area contributed by atoms with Gasteiger partial charge in [0.25, 0.3) is 0 Å². The summed E-state index contributed by atoms with van der Waals surface area (Å²) in [5.41, 5.74) is 0. The second-order valence-corrected chi connectivity index (χ2v) is 9.33. The molecule has 1 aromatic heterocycles. The van der Waals surface area contributed by atoms with E-state index in [-0.39, 0.29) is 31.4 Å². The normalized spacial score (nSPS) is 15.9. The molecule has 0 spiro atoms. The van der Waals surface area contributed by atoms with Crippen molar-refractivity contribution < 1.29 is 18.0 Å². The fourth-order valence-corrected chi connectivity index (χ4v) is 5.66. The number of nitrogens with zero attached hydrogens (tertiary/aromatic N) is 3. The minimum Gasteiger partial charge on any atom is -0.339 e. The highest BCUT2D eigenvalue weighted by Gasteiger charge is 2.32. The Hall–Kier alpha value is -1.71. The van der Waals surface area contributed by atoms with Gasteiger partial charge in [0.15, 0.2) is 0 Å². The lowest BCUT2D eigenvalue weighted by Gasteiger charge is -2.34. The van der Waals surface area contributed by atoms with Crippen molar-refractivity contribution in [3.8, 4) is 0 Å². The Morgan fingerprint density at radius 3 is 2.36 bits per heavy atom. The standard InChI is InChI=1S/C16H23N3O4S2/c1-5-15(20)17(4)11-16(21)18-6-8-19(9-7-18)25(22,23)14-10-12(2)24-13(14)3/h5,10H,1,6-9,11H2,2-4H3. The fraction of sp³-hybridized carbons (Fsp3) is 0.500. The summed E-state index contributed by atoms with van der Waals surface area (Å²) in [7, 11) is -2.00. The quantitative estimate of drug-likeness (QED) is 0.704. The molecule has 0 saturated carbocycles. The summed E-state index contributed by atoms with van der Waals surface area (Å²) >= 11 is 1.46. The van der Waals surface area contributed by atoms with E-state index in [2.05, 4.69) is 6.58 Å². The van der Waals surface area contributed by atoms with Crippen molar-refractivity contribution in [3.63, 3.8) is 0 Å². The summed E-state index contributed by atoms with van der Waals surface area (Å²) in [6, 6.07) is 1.70. The van der Waals surface area contributed by atoms with Crippen molar-refractivity contribution in [3.05, 3.63) is 28.5 Å². The topological polar surface area (TPSA) is 78.0 Å². The number of thiophene rings is 1. The van der Waals surface area contributed by atoms with Gasteiger partial charge in [-0.05, 0) is 26.0 Å². The fourth-order valence-electron chi connectivity index (χ4n) is 2.72. The Morgan fingerprint density at radius 1 is 1.28 bits per heavy atom. The maximum Gasteiger partial charge on any atom is 0.246 e. The SMILES string of the molecule is C=CC(=O)N(C)CC(=O)N1CCN(S(=O)(=O)c2cc(C)sc2C)CC1. The van der Waals surface area contributed by atoms with E-state index in [0.717, 1.165) is 15.8 Å². The van der Waals surface area contributed by atoms with Crippen LogP contribution in [0, 0.1) is 13.8 Å². The molecule has 25 heavy (non-hydrogen) atoms. The molecule has 0 aromatic carbocycles. The lowest BCUT2D eigenvalue weighted by molar-refractivity contribution is -0.138. The Balaban J connectivity index is 1.99. The van der Waals surface area contributed by atoms with Crippen LogP contribution < -0.4 is 0 Å². The van der Waals surface area contributed by atoms with Gasteiger partial charge in [-0.1, -0.05) is 6.58 Å². The van der Waals surface area contributed by atoms with Crippen LogP contribution in [0.1, 0.15) is 9.75 Å². The molecule has 0 radical (unpaired) electrons. The molecule has 1 saturated heterocycles. The molecule has 2 rings (SSSR count). The largest absolute Gasteiger partial charge is 0.339 e. The van der Waals surface area contributed by atoms with E-state index in [1.807, 2.05) is 6.92 Å². The van der Waals surface area contributed by atoms with Crippen LogP contribution in [0.4, 0.5) is 0 Å². The van der Waals surface area contributed by atoms with E-state index >= 15 is 0 Å². The number of piperazine rings is 1. The minimum atomic E-state index is -3.53. The minimum absolute atomic E-state index is 0.0412. The molecule has 9 heteroatoms. The molecule has 1 fully saturated rings. The van der Waals surface area contributed by atoms with E-state index < -0.39 is 10.0 Å². The number of hydrogen-bond donors (Lipinski definition) is 0. The van der Waals surface area contributed by atoms with Gasteiger partial charge in [0, 0.05) is 43.0 Å². The molecule has 1 aromatic rings. The first-order chi connectivity index (χ1) is 11.7. The molecular weight excluding hydrogens is 362 g/mol. The number of carbonyl (C=O) groups excluding carboxylic acids is 2. The van der Waals surface area contributed by atoms with Crippen molar-refractivity contribution in [2.24, 2.45) is 0 Å². The van der Waals surface area contributed by atoms with Crippen LogP contribution in [-0.2, 0) is 19.6 Å². The van der Waals surface area contributed by atoms with Crippen molar-refractivity contribution in [2.45, 2.75) is 18.7 Å². The first-order valence-corrected chi connectivity index (χ1v) is 10.1. The van der Waals surface area contributed by atoms with Crippen molar-refractivity contribution in [1.82, 2.24) is 14.1 Å². The van der Waals surface area contributed by atoms with E-state index in [1.54, 1.807) is 17.9 Å². The Kier molecular flexibility index (Phi) is 6.02. The van der Waals surface area contributed by atoms with Gasteiger partial charge in [-0.3, -0.25) is 9.59 Å². The van der Waals surface area contributed by atoms with Crippen molar-refractivity contribution in [1.29, 1.82) is 0 Å². The van der Waals surface area contributed by atoms with Gasteiger partial charge < -0.3 is 9.80 Å². The van der Waals surface area contributed by atoms with Crippen molar-refractivity contribution >= 4 is 33.2 Å². The number of amides is 2. The highest BCUT2D eigenvalue weighted by molar-refractivity contribution is 7.89. The molecule has 0 bridgehead atoms. The number of carbonyl (C=O) groups is 2. The van der Waals surface area contributed by atoms with E-state index in [0.29, 0.717) is 18.0 Å². The third-order valence-corrected chi connectivity index (χ3v) is 7.25. The van der Waals surface area contributed by atoms with Crippen LogP contribution >= 0.6 is 11.3 Å². The zero-order valence-electron chi connectivity index (χ0n) is 14.7. The predicted molar refractivity (Wildman–Crippen MR) is 97.0 cm³/mol. The van der Waals surface area contributed by atoms with Gasteiger partial charge in [-0.2, -0.15) is 4.31 Å². The van der Waals surface area contributed by atoms with Gasteiger partial charge >= 0.3 is 0 Å². The summed E-state index contributed by atoms with van der Waals surface area (Å²) < 4.78 is 27.0. The molecule has 138 valence electrons. The number of aryl methyl sites for hydroxylation is 2. The van der Waals surface area contributed by atoms with Crippen LogP contribution in [0.15, 0.2) is 23.6 Å². The van der Waals surface area contributed by atoms with Crippen LogP contribution in [-0.4, -0.2) is 74.1 Å². The third-order valence-electron chi connectivity index (χ3n) is 4.13. The summed E-state index contributed by atoms with van der Waals surface area (Å²) in [5, 5.41) is 0. The summed E-state index contributed by atoms with van der Waals surface area (Å²) in [4.78, 5) is 28.7. The average Bonchev–Trinajstić information content (AvgIpc) is 2.93. The van der Waals surface area contributed by atoms with Gasteiger partial charge in [0.1, 0.15) is 0 Å². The van der Waals surface area contributed by atoms with E-state index in [9.17, 15) is 18.0 Å². The predicted octanol–water partition coefficient (Wildman–Crippen LogP) is 0.842. The van der Waals surface area contributed by atoms with Crippen LogP contribution in [0.25, 0.3) is 0 Å². The number of rotatable bonds is 5. The zero-order chi connectivity index (χ0) is 18.8. The van der Waals surface area contributed by atoms with E-state index in [4.69, 9.17) is 0 Å². The number of likely N-dealkylation sites (N-methyl/N-ethyl adjacent to an activating group) is 1. The lowest BCUT2D eigenvalue weighted by atomic mass is 10.3. The maximum atomic E-state index is 12.8. The molecular formula is C16H23N3O4S2. The van der Waals surface area contributed by atoms with Gasteiger partial charge in [0.05, 0.1) is 11.4 Å². The molecule has 0 N–H and O–H groups in total. The first-order valence-electron chi connectivity index (χ1n) is 7.89. The summed E-state index contributed by atoms with van der Waals surface area (Å²) in [5.74, 6) is -0.518. The van der Waals surface area contributed by atoms with Crippen molar-refractivity contribution in [2.75, 3.05) is 39.8 Å². The number of hydrogen-bond acceptors (Lipinski definition) is 5. The molecule has 7 nitrogen and oxygen atoms in total. The van der Waals surface area contributed by atoms with Gasteiger partial charge in [-0.25, -0.2) is 8.42 Å². The smallest absolute Gasteiger partial charge is 0.246 e. The second-order valence-electron chi connectivity index (χ2n) is 5.96. The molecule has 1 aliphatic rings. The average molecular weight is 386 g/mol. The maximum absolute atomic E-state index is 12.8. The van der Waals surface area contributed by atoms with Crippen LogP contribution in [0.2, 0.25) is 0 Å². The Bertz CT molecular complexity index is 777. The monoisotopic (exact) mass is 385 g/mol. The van der Waals surface area contributed by atoms with Crippen LogP contribution in [0.5, 0.6) is 0 Å². The Labute approximate surface area is 152 Å². The number of sulfonamides is 1. The zero-order valence-corrected chi connectivity index (χ0v) is 16.3. The third kappa shape index (κ3) is 4.28. The molecule has 2 heterocycles.